The zero-order valence-electron chi connectivity index (χ0n) is 14.9. The van der Waals surface area contributed by atoms with Crippen LogP contribution in [-0.4, -0.2) is 4.57 Å². The smallest absolute Gasteiger partial charge is 0.185 e. The highest BCUT2D eigenvalue weighted by molar-refractivity contribution is 5.73. The monoisotopic (exact) mass is 355 g/mol. The Hall–Kier alpha value is -3.46. The normalized spacial score (nSPS) is 10.7. The highest BCUT2D eigenvalue weighted by Crippen LogP contribution is 2.31. The van der Waals surface area contributed by atoms with Gasteiger partial charge in [0, 0.05) is 22.9 Å². The van der Waals surface area contributed by atoms with Gasteiger partial charge in [-0.1, -0.05) is 60.7 Å². The van der Waals surface area contributed by atoms with Gasteiger partial charge < -0.3 is 4.57 Å². The number of pyridine rings is 1. The van der Waals surface area contributed by atoms with Crippen LogP contribution >= 0.6 is 0 Å². The first-order chi connectivity index (χ1) is 13.1. The maximum atomic E-state index is 14.0. The van der Waals surface area contributed by atoms with Crippen molar-refractivity contribution in [3.05, 3.63) is 113 Å². The van der Waals surface area contributed by atoms with Gasteiger partial charge in [0.1, 0.15) is 5.82 Å². The molecule has 0 atom stereocenters. The lowest BCUT2D eigenvalue weighted by Crippen LogP contribution is -2.15. The highest BCUT2D eigenvalue weighted by atomic mass is 19.1. The van der Waals surface area contributed by atoms with E-state index in [-0.39, 0.29) is 11.2 Å². The van der Waals surface area contributed by atoms with Crippen molar-refractivity contribution in [3.8, 4) is 28.2 Å². The Morgan fingerprint density at radius 1 is 0.741 bits per heavy atom. The van der Waals surface area contributed by atoms with E-state index in [9.17, 15) is 9.18 Å². The summed E-state index contributed by atoms with van der Waals surface area (Å²) in [6.07, 6.45) is 0. The van der Waals surface area contributed by atoms with E-state index in [1.165, 1.54) is 12.1 Å². The van der Waals surface area contributed by atoms with Crippen LogP contribution in [0.15, 0.2) is 95.8 Å². The number of halogens is 1. The highest BCUT2D eigenvalue weighted by Gasteiger charge is 2.17. The lowest BCUT2D eigenvalue weighted by Gasteiger charge is -2.21. The first-order valence-electron chi connectivity index (χ1n) is 8.78. The second kappa shape index (κ2) is 7.04. The zero-order chi connectivity index (χ0) is 18.8. The number of hydrogen-bond acceptors (Lipinski definition) is 1. The summed E-state index contributed by atoms with van der Waals surface area (Å²) in [6.45, 7) is 1.79. The second-order valence-corrected chi connectivity index (χ2v) is 6.41. The second-order valence-electron chi connectivity index (χ2n) is 6.41. The molecule has 4 rings (SSSR count). The van der Waals surface area contributed by atoms with Gasteiger partial charge in [-0.05, 0) is 36.8 Å². The van der Waals surface area contributed by atoms with Gasteiger partial charge >= 0.3 is 0 Å². The lowest BCUT2D eigenvalue weighted by atomic mass is 10.0. The quantitative estimate of drug-likeness (QED) is 0.467. The van der Waals surface area contributed by atoms with Crippen molar-refractivity contribution in [2.24, 2.45) is 0 Å². The fraction of sp³-hybridized carbons (Fsp3) is 0.0417. The van der Waals surface area contributed by atoms with E-state index < -0.39 is 0 Å². The summed E-state index contributed by atoms with van der Waals surface area (Å²) < 4.78 is 16.0. The van der Waals surface area contributed by atoms with Crippen LogP contribution in [0.2, 0.25) is 0 Å². The Morgan fingerprint density at radius 3 is 2.04 bits per heavy atom. The topological polar surface area (TPSA) is 22.0 Å². The summed E-state index contributed by atoms with van der Waals surface area (Å²) in [5, 5.41) is 0. The molecule has 0 fully saturated rings. The first-order valence-corrected chi connectivity index (χ1v) is 8.78. The molecule has 0 aliphatic rings. The molecule has 3 aromatic carbocycles. The summed E-state index contributed by atoms with van der Waals surface area (Å²) in [5.41, 5.74) is 4.51. The summed E-state index contributed by atoms with van der Waals surface area (Å²) in [6, 6.07) is 27.6. The van der Waals surface area contributed by atoms with Gasteiger partial charge in [-0.2, -0.15) is 0 Å². The third kappa shape index (κ3) is 3.20. The van der Waals surface area contributed by atoms with Crippen LogP contribution in [0.5, 0.6) is 0 Å². The largest absolute Gasteiger partial charge is 0.309 e. The van der Waals surface area contributed by atoms with Crippen molar-refractivity contribution >= 4 is 0 Å². The van der Waals surface area contributed by atoms with Crippen LogP contribution in [0.3, 0.4) is 0 Å². The van der Waals surface area contributed by atoms with Gasteiger partial charge in [-0.15, -0.1) is 0 Å². The predicted octanol–water partition coefficient (Wildman–Crippen LogP) is 5.62. The molecule has 1 aromatic heterocycles. The van der Waals surface area contributed by atoms with Crippen molar-refractivity contribution in [2.45, 2.75) is 6.92 Å². The molecule has 3 heteroatoms. The Morgan fingerprint density at radius 2 is 1.37 bits per heavy atom. The summed E-state index contributed by atoms with van der Waals surface area (Å²) in [5.74, 6) is -0.330. The van der Waals surface area contributed by atoms with Gasteiger partial charge in [-0.25, -0.2) is 4.39 Å². The molecular formula is C24H18FNO. The molecule has 0 bridgehead atoms. The lowest BCUT2D eigenvalue weighted by molar-refractivity contribution is 0.628. The molecule has 2 nitrogen and oxygen atoms in total. The fourth-order valence-electron chi connectivity index (χ4n) is 3.35. The van der Waals surface area contributed by atoms with E-state index in [1.807, 2.05) is 71.3 Å². The number of rotatable bonds is 3. The Balaban J connectivity index is 2.14. The molecule has 27 heavy (non-hydrogen) atoms. The molecular weight excluding hydrogens is 337 g/mol. The van der Waals surface area contributed by atoms with Gasteiger partial charge in [0.25, 0.3) is 0 Å². The molecule has 0 aliphatic carbocycles. The predicted molar refractivity (Wildman–Crippen MR) is 108 cm³/mol. The molecule has 0 amide bonds. The minimum atomic E-state index is -0.330. The third-order valence-electron chi connectivity index (χ3n) is 4.64. The molecule has 0 aliphatic heterocycles. The van der Waals surface area contributed by atoms with Crippen molar-refractivity contribution in [1.82, 2.24) is 4.57 Å². The van der Waals surface area contributed by atoms with E-state index in [0.717, 1.165) is 16.9 Å². The van der Waals surface area contributed by atoms with Crippen molar-refractivity contribution in [1.29, 1.82) is 0 Å². The minimum absolute atomic E-state index is 0.0692. The standard InChI is InChI=1S/C24H18FNO/c1-17-23(27)16-22(18-9-4-2-5-10-18)26(21-13-6-3-7-14-21)24(17)19-11-8-12-20(25)15-19/h2-16H,1H3. The van der Waals surface area contributed by atoms with Crippen LogP contribution in [0, 0.1) is 12.7 Å². The van der Waals surface area contributed by atoms with Gasteiger partial charge in [0.2, 0.25) is 0 Å². The van der Waals surface area contributed by atoms with Crippen molar-refractivity contribution in [2.75, 3.05) is 0 Å². The number of hydrogen-bond donors (Lipinski definition) is 0. The van der Waals surface area contributed by atoms with Crippen LogP contribution < -0.4 is 5.43 Å². The fourth-order valence-corrected chi connectivity index (χ4v) is 3.35. The molecule has 0 saturated heterocycles. The summed E-state index contributed by atoms with van der Waals surface area (Å²) >= 11 is 0. The average molecular weight is 355 g/mol. The van der Waals surface area contributed by atoms with E-state index in [1.54, 1.807) is 19.1 Å². The SMILES string of the molecule is Cc1c(-c2cccc(F)c2)n(-c2ccccc2)c(-c2ccccc2)cc1=O. The number of benzene rings is 3. The zero-order valence-corrected chi connectivity index (χ0v) is 14.9. The third-order valence-corrected chi connectivity index (χ3v) is 4.64. The van der Waals surface area contributed by atoms with Gasteiger partial charge in [0.05, 0.1) is 11.4 Å². The molecule has 0 radical (unpaired) electrons. The number of para-hydroxylation sites is 1. The van der Waals surface area contributed by atoms with E-state index in [4.69, 9.17) is 0 Å². The molecule has 0 saturated carbocycles. The summed E-state index contributed by atoms with van der Waals surface area (Å²) in [7, 11) is 0. The molecule has 4 aromatic rings. The number of nitrogens with zero attached hydrogens (tertiary/aromatic N) is 1. The molecule has 0 N–H and O–H groups in total. The summed E-state index contributed by atoms with van der Waals surface area (Å²) in [4.78, 5) is 12.8. The number of aromatic nitrogens is 1. The van der Waals surface area contributed by atoms with Crippen LogP contribution in [0.4, 0.5) is 4.39 Å². The molecule has 0 spiro atoms. The maximum absolute atomic E-state index is 14.0. The van der Waals surface area contributed by atoms with Crippen molar-refractivity contribution in [3.63, 3.8) is 0 Å². The Bertz CT molecular complexity index is 1150. The van der Waals surface area contributed by atoms with E-state index >= 15 is 0 Å². The Labute approximate surface area is 157 Å². The average Bonchev–Trinajstić information content (AvgIpc) is 2.71. The van der Waals surface area contributed by atoms with Gasteiger partial charge in [-0.3, -0.25) is 4.79 Å². The van der Waals surface area contributed by atoms with E-state index in [0.29, 0.717) is 16.8 Å². The Kier molecular flexibility index (Phi) is 4.43. The van der Waals surface area contributed by atoms with Gasteiger partial charge in [0.15, 0.2) is 5.43 Å². The molecule has 0 unspecified atom stereocenters. The van der Waals surface area contributed by atoms with Crippen LogP contribution in [0.1, 0.15) is 5.56 Å². The first kappa shape index (κ1) is 17.0. The van der Waals surface area contributed by atoms with Crippen LogP contribution in [0.25, 0.3) is 28.2 Å². The van der Waals surface area contributed by atoms with E-state index in [2.05, 4.69) is 0 Å². The van der Waals surface area contributed by atoms with Crippen molar-refractivity contribution < 1.29 is 4.39 Å². The maximum Gasteiger partial charge on any atom is 0.185 e. The molecule has 1 heterocycles. The van der Waals surface area contributed by atoms with Crippen LogP contribution in [-0.2, 0) is 0 Å². The minimum Gasteiger partial charge on any atom is -0.309 e. The molecule has 132 valence electrons.